The Labute approximate surface area is 175 Å². The fourth-order valence-electron chi connectivity index (χ4n) is 3.29. The van der Waals surface area contributed by atoms with Crippen LogP contribution in [0.4, 0.5) is 11.4 Å². The smallest absolute Gasteiger partial charge is 0.295 e. The van der Waals surface area contributed by atoms with Gasteiger partial charge in [0.05, 0.1) is 23.3 Å². The number of benzene rings is 2. The highest BCUT2D eigenvalue weighted by Crippen LogP contribution is 2.19. The van der Waals surface area contributed by atoms with Crippen LogP contribution in [0, 0.1) is 6.92 Å². The summed E-state index contributed by atoms with van der Waals surface area (Å²) in [5, 5.41) is 2.69. The number of amides is 1. The van der Waals surface area contributed by atoms with Crippen molar-refractivity contribution in [3.05, 3.63) is 76.2 Å². The van der Waals surface area contributed by atoms with Gasteiger partial charge in [-0.05, 0) is 50.2 Å². The van der Waals surface area contributed by atoms with Crippen molar-refractivity contribution >= 4 is 27.3 Å². The van der Waals surface area contributed by atoms with Gasteiger partial charge in [0.15, 0.2) is 0 Å². The number of carbonyl (C=O) groups excluding carboxylic acids is 1. The molecule has 9 heteroatoms. The number of aromatic nitrogens is 2. The third-order valence-corrected chi connectivity index (χ3v) is 6.17. The molecule has 0 bridgehead atoms. The molecule has 8 nitrogen and oxygen atoms in total. The molecule has 1 heterocycles. The molecule has 0 atom stereocenters. The lowest BCUT2D eigenvalue weighted by molar-refractivity contribution is 0.102. The van der Waals surface area contributed by atoms with Gasteiger partial charge in [0.2, 0.25) is 10.0 Å². The molecular weight excluding hydrogens is 404 g/mol. The van der Waals surface area contributed by atoms with Crippen LogP contribution in [-0.2, 0) is 17.1 Å². The maximum atomic E-state index is 12.9. The molecular formula is C21H24N4O4S. The topological polar surface area (TPSA) is 93.4 Å². The zero-order chi connectivity index (χ0) is 22.1. The van der Waals surface area contributed by atoms with E-state index in [1.165, 1.54) is 21.1 Å². The zero-order valence-corrected chi connectivity index (χ0v) is 18.1. The van der Waals surface area contributed by atoms with Gasteiger partial charge in [-0.15, -0.1) is 0 Å². The first-order valence-corrected chi connectivity index (χ1v) is 11.2. The van der Waals surface area contributed by atoms with Gasteiger partial charge in [-0.3, -0.25) is 18.6 Å². The van der Waals surface area contributed by atoms with E-state index in [0.29, 0.717) is 22.6 Å². The van der Waals surface area contributed by atoms with Crippen LogP contribution in [0.2, 0.25) is 0 Å². The lowest BCUT2D eigenvalue weighted by atomic mass is 10.2. The molecule has 0 saturated heterocycles. The molecule has 30 heavy (non-hydrogen) atoms. The van der Waals surface area contributed by atoms with Crippen LogP contribution in [0.15, 0.2) is 59.4 Å². The van der Waals surface area contributed by atoms with Gasteiger partial charge in [0.1, 0.15) is 5.69 Å². The second-order valence-corrected chi connectivity index (χ2v) is 8.77. The van der Waals surface area contributed by atoms with E-state index in [0.717, 1.165) is 6.26 Å². The van der Waals surface area contributed by atoms with Crippen LogP contribution in [0.25, 0.3) is 5.69 Å². The minimum atomic E-state index is -3.40. The Hall–Kier alpha value is -3.33. The summed E-state index contributed by atoms with van der Waals surface area (Å²) in [5.74, 6) is -0.449. The van der Waals surface area contributed by atoms with E-state index < -0.39 is 15.9 Å². The van der Waals surface area contributed by atoms with Crippen LogP contribution in [0.3, 0.4) is 0 Å². The van der Waals surface area contributed by atoms with Crippen molar-refractivity contribution in [1.29, 1.82) is 0 Å². The summed E-state index contributed by atoms with van der Waals surface area (Å²) in [6.45, 7) is 3.77. The number of para-hydroxylation sites is 1. The molecule has 0 saturated carbocycles. The summed E-state index contributed by atoms with van der Waals surface area (Å²) < 4.78 is 28.1. The molecule has 3 aromatic rings. The van der Waals surface area contributed by atoms with Gasteiger partial charge in [0.25, 0.3) is 11.5 Å². The average Bonchev–Trinajstić information content (AvgIpc) is 2.92. The van der Waals surface area contributed by atoms with E-state index in [1.54, 1.807) is 37.7 Å². The average molecular weight is 429 g/mol. The van der Waals surface area contributed by atoms with Crippen LogP contribution in [0.1, 0.15) is 23.0 Å². The number of hydrogen-bond acceptors (Lipinski definition) is 4. The summed E-state index contributed by atoms with van der Waals surface area (Å²) in [7, 11) is -1.65. The summed E-state index contributed by atoms with van der Waals surface area (Å²) in [4.78, 5) is 25.6. The molecule has 2 aromatic carbocycles. The number of hydrogen-bond donors (Lipinski definition) is 1. The van der Waals surface area contributed by atoms with Gasteiger partial charge < -0.3 is 5.32 Å². The molecule has 1 amide bonds. The third kappa shape index (κ3) is 4.02. The van der Waals surface area contributed by atoms with Crippen molar-refractivity contribution in [2.24, 2.45) is 7.05 Å². The maximum Gasteiger partial charge on any atom is 0.295 e. The predicted octanol–water partition coefficient (Wildman–Crippen LogP) is 2.52. The van der Waals surface area contributed by atoms with Crippen molar-refractivity contribution in [3.63, 3.8) is 0 Å². The number of carbonyl (C=O) groups is 1. The van der Waals surface area contributed by atoms with Gasteiger partial charge in [0, 0.05) is 19.2 Å². The summed E-state index contributed by atoms with van der Waals surface area (Å²) in [6, 6.07) is 15.4. The fourth-order valence-corrected chi connectivity index (χ4v) is 4.26. The second kappa shape index (κ2) is 8.19. The Morgan fingerprint density at radius 3 is 2.20 bits per heavy atom. The molecule has 3 rings (SSSR count). The van der Waals surface area contributed by atoms with Crippen molar-refractivity contribution in [1.82, 2.24) is 9.36 Å². The Bertz CT molecular complexity index is 1230. The summed E-state index contributed by atoms with van der Waals surface area (Å²) in [5.41, 5.74) is 1.96. The lowest BCUT2D eigenvalue weighted by Gasteiger charge is -2.20. The second-order valence-electron chi connectivity index (χ2n) is 6.87. The molecule has 0 unspecified atom stereocenters. The SMILES string of the molecule is CCN(c1ccc(C(=O)Nc2c(C)n(C)n(-c3ccccc3)c2=O)cc1)S(C)(=O)=O. The number of rotatable bonds is 6. The predicted molar refractivity (Wildman–Crippen MR) is 118 cm³/mol. The van der Waals surface area contributed by atoms with Crippen molar-refractivity contribution in [2.45, 2.75) is 13.8 Å². The van der Waals surface area contributed by atoms with Crippen molar-refractivity contribution < 1.29 is 13.2 Å². The van der Waals surface area contributed by atoms with E-state index in [-0.39, 0.29) is 17.8 Å². The normalized spacial score (nSPS) is 11.3. The highest BCUT2D eigenvalue weighted by Gasteiger charge is 2.20. The van der Waals surface area contributed by atoms with Crippen molar-refractivity contribution in [2.75, 3.05) is 22.4 Å². The minimum absolute atomic E-state index is 0.196. The molecule has 0 aliphatic heterocycles. The minimum Gasteiger partial charge on any atom is -0.316 e. The van der Waals surface area contributed by atoms with Gasteiger partial charge >= 0.3 is 0 Å². The Balaban J connectivity index is 1.89. The first kappa shape index (κ1) is 21.4. The highest BCUT2D eigenvalue weighted by atomic mass is 32.2. The van der Waals surface area contributed by atoms with Crippen LogP contribution in [0.5, 0.6) is 0 Å². The summed E-state index contributed by atoms with van der Waals surface area (Å²) >= 11 is 0. The number of nitrogens with zero attached hydrogens (tertiary/aromatic N) is 3. The number of anilines is 2. The van der Waals surface area contributed by atoms with Crippen LogP contribution in [-0.4, -0.2) is 36.5 Å². The maximum absolute atomic E-state index is 12.9. The van der Waals surface area contributed by atoms with E-state index >= 15 is 0 Å². The molecule has 0 aliphatic carbocycles. The van der Waals surface area contributed by atoms with Gasteiger partial charge in [-0.25, -0.2) is 13.1 Å². The van der Waals surface area contributed by atoms with Crippen LogP contribution >= 0.6 is 0 Å². The quantitative estimate of drug-likeness (QED) is 0.653. The molecule has 0 radical (unpaired) electrons. The standard InChI is InChI=1S/C21H24N4O4S/c1-5-24(30(4,28)29)17-13-11-16(12-14-17)20(26)22-19-15(2)23(3)25(21(19)27)18-9-7-6-8-10-18/h6-14H,5H2,1-4H3,(H,22,26). The highest BCUT2D eigenvalue weighted by molar-refractivity contribution is 7.92. The molecule has 158 valence electrons. The fraction of sp³-hybridized carbons (Fsp3) is 0.238. The van der Waals surface area contributed by atoms with Gasteiger partial charge in [-0.1, -0.05) is 18.2 Å². The first-order valence-electron chi connectivity index (χ1n) is 9.38. The summed E-state index contributed by atoms with van der Waals surface area (Å²) in [6.07, 6.45) is 1.13. The third-order valence-electron chi connectivity index (χ3n) is 4.90. The Kier molecular flexibility index (Phi) is 5.84. The van der Waals surface area contributed by atoms with E-state index in [9.17, 15) is 18.0 Å². The largest absolute Gasteiger partial charge is 0.316 e. The van der Waals surface area contributed by atoms with Crippen LogP contribution < -0.4 is 15.2 Å². The molecule has 0 spiro atoms. The Morgan fingerprint density at radius 2 is 1.67 bits per heavy atom. The molecule has 1 N–H and O–H groups in total. The van der Waals surface area contributed by atoms with E-state index in [2.05, 4.69) is 5.32 Å². The monoisotopic (exact) mass is 428 g/mol. The number of sulfonamides is 1. The zero-order valence-electron chi connectivity index (χ0n) is 17.3. The van der Waals surface area contributed by atoms with Gasteiger partial charge in [-0.2, -0.15) is 0 Å². The Morgan fingerprint density at radius 1 is 1.07 bits per heavy atom. The van der Waals surface area contributed by atoms with E-state index in [1.807, 2.05) is 30.3 Å². The lowest BCUT2D eigenvalue weighted by Crippen LogP contribution is -2.29. The first-order chi connectivity index (χ1) is 14.1. The van der Waals surface area contributed by atoms with E-state index in [4.69, 9.17) is 0 Å². The van der Waals surface area contributed by atoms with Crippen molar-refractivity contribution in [3.8, 4) is 5.69 Å². The molecule has 0 fully saturated rings. The molecule has 1 aromatic heterocycles. The molecule has 0 aliphatic rings. The number of nitrogens with one attached hydrogen (secondary N) is 1.